The summed E-state index contributed by atoms with van der Waals surface area (Å²) in [5.41, 5.74) is 2.96. The molecule has 1 N–H and O–H groups in total. The molecule has 1 aliphatic heterocycles. The van der Waals surface area contributed by atoms with Crippen LogP contribution in [-0.2, 0) is 17.8 Å². The van der Waals surface area contributed by atoms with E-state index in [1.54, 1.807) is 18.0 Å². The van der Waals surface area contributed by atoms with Gasteiger partial charge in [-0.15, -0.1) is 0 Å². The van der Waals surface area contributed by atoms with E-state index in [0.717, 1.165) is 28.3 Å². The maximum Gasteiger partial charge on any atom is 0.227 e. The number of amides is 1. The smallest absolute Gasteiger partial charge is 0.227 e. The van der Waals surface area contributed by atoms with Crippen LogP contribution in [0.4, 0.5) is 0 Å². The molecule has 138 valence electrons. The zero-order valence-electron chi connectivity index (χ0n) is 15.1. The maximum atomic E-state index is 12.7. The van der Waals surface area contributed by atoms with Gasteiger partial charge < -0.3 is 14.8 Å². The fraction of sp³-hybridized carbons (Fsp3) is 0.238. The van der Waals surface area contributed by atoms with Crippen LogP contribution in [0.5, 0.6) is 11.5 Å². The number of hydrogen-bond acceptors (Lipinski definition) is 4. The quantitative estimate of drug-likeness (QED) is 0.757. The Morgan fingerprint density at radius 3 is 3.00 bits per heavy atom. The molecule has 0 saturated heterocycles. The standard InChI is InChI=1S/C21H21N3O3/c1-26-18-7-8-20-16(12-18)11-17(14-27-20)21(25)22-13-15-5-2-3-6-19(15)24-10-4-9-23-24/h2-10,12,17H,11,13-14H2,1H3,(H,22,25)/t17-/m0/s1. The third-order valence-electron chi connectivity index (χ3n) is 4.74. The van der Waals surface area contributed by atoms with Gasteiger partial charge in [0, 0.05) is 18.9 Å². The number of methoxy groups -OCH3 is 1. The Hall–Kier alpha value is -3.28. The Balaban J connectivity index is 1.43. The summed E-state index contributed by atoms with van der Waals surface area (Å²) in [5, 5.41) is 7.32. The summed E-state index contributed by atoms with van der Waals surface area (Å²) >= 11 is 0. The van der Waals surface area contributed by atoms with Crippen LogP contribution in [0.25, 0.3) is 5.69 Å². The Morgan fingerprint density at radius 2 is 2.19 bits per heavy atom. The monoisotopic (exact) mass is 363 g/mol. The van der Waals surface area contributed by atoms with Gasteiger partial charge in [0.1, 0.15) is 18.1 Å². The summed E-state index contributed by atoms with van der Waals surface area (Å²) in [4.78, 5) is 12.7. The predicted octanol–water partition coefficient (Wildman–Crippen LogP) is 2.75. The molecule has 4 rings (SSSR count). The second-order valence-corrected chi connectivity index (χ2v) is 6.48. The van der Waals surface area contributed by atoms with Crippen molar-refractivity contribution in [2.24, 2.45) is 5.92 Å². The van der Waals surface area contributed by atoms with E-state index in [-0.39, 0.29) is 11.8 Å². The molecule has 27 heavy (non-hydrogen) atoms. The lowest BCUT2D eigenvalue weighted by Gasteiger charge is -2.25. The molecule has 1 aromatic heterocycles. The van der Waals surface area contributed by atoms with E-state index in [4.69, 9.17) is 9.47 Å². The van der Waals surface area contributed by atoms with E-state index in [1.807, 2.05) is 54.7 Å². The molecule has 3 aromatic rings. The van der Waals surface area contributed by atoms with Gasteiger partial charge in [0.2, 0.25) is 5.91 Å². The minimum absolute atomic E-state index is 0.0151. The molecule has 0 spiro atoms. The molecule has 0 radical (unpaired) electrons. The van der Waals surface area contributed by atoms with E-state index in [9.17, 15) is 4.79 Å². The van der Waals surface area contributed by atoms with Crippen molar-refractivity contribution in [3.8, 4) is 17.2 Å². The second-order valence-electron chi connectivity index (χ2n) is 6.48. The number of fused-ring (bicyclic) bond motifs is 1. The first-order valence-electron chi connectivity index (χ1n) is 8.90. The summed E-state index contributed by atoms with van der Waals surface area (Å²) in [7, 11) is 1.63. The molecule has 2 heterocycles. The van der Waals surface area contributed by atoms with E-state index in [0.29, 0.717) is 19.6 Å². The molecule has 6 nitrogen and oxygen atoms in total. The number of nitrogens with one attached hydrogen (secondary N) is 1. The Kier molecular flexibility index (Phi) is 4.78. The second kappa shape index (κ2) is 7.53. The van der Waals surface area contributed by atoms with Gasteiger partial charge in [-0.05, 0) is 47.9 Å². The van der Waals surface area contributed by atoms with Gasteiger partial charge in [0.05, 0.1) is 18.7 Å². The predicted molar refractivity (Wildman–Crippen MR) is 101 cm³/mol. The van der Waals surface area contributed by atoms with Crippen molar-refractivity contribution >= 4 is 5.91 Å². The number of ether oxygens (including phenoxy) is 2. The van der Waals surface area contributed by atoms with Crippen LogP contribution in [0.1, 0.15) is 11.1 Å². The molecule has 1 atom stereocenters. The highest BCUT2D eigenvalue weighted by molar-refractivity contribution is 5.79. The van der Waals surface area contributed by atoms with Gasteiger partial charge in [-0.25, -0.2) is 4.68 Å². The summed E-state index contributed by atoms with van der Waals surface area (Å²) in [5.74, 6) is 1.36. The number of hydrogen-bond donors (Lipinski definition) is 1. The molecular formula is C21H21N3O3. The summed E-state index contributed by atoms with van der Waals surface area (Å²) in [6, 6.07) is 15.5. The van der Waals surface area contributed by atoms with Crippen LogP contribution in [0.2, 0.25) is 0 Å². The molecule has 0 unspecified atom stereocenters. The van der Waals surface area contributed by atoms with Gasteiger partial charge in [0.25, 0.3) is 0 Å². The molecule has 0 aliphatic carbocycles. The van der Waals surface area contributed by atoms with Crippen molar-refractivity contribution in [2.75, 3.05) is 13.7 Å². The number of aromatic nitrogens is 2. The summed E-state index contributed by atoms with van der Waals surface area (Å²) in [6.07, 6.45) is 4.26. The SMILES string of the molecule is COc1ccc2c(c1)C[C@H](C(=O)NCc1ccccc1-n1cccn1)CO2. The molecule has 0 bridgehead atoms. The van der Waals surface area contributed by atoms with Crippen molar-refractivity contribution < 1.29 is 14.3 Å². The number of nitrogens with zero attached hydrogens (tertiary/aromatic N) is 2. The van der Waals surface area contributed by atoms with Gasteiger partial charge >= 0.3 is 0 Å². The highest BCUT2D eigenvalue weighted by atomic mass is 16.5. The molecule has 0 fully saturated rings. The Labute approximate surface area is 157 Å². The third-order valence-corrected chi connectivity index (χ3v) is 4.74. The normalized spacial score (nSPS) is 15.5. The molecule has 0 saturated carbocycles. The molecule has 6 heteroatoms. The average molecular weight is 363 g/mol. The lowest BCUT2D eigenvalue weighted by atomic mass is 9.95. The average Bonchev–Trinajstić information content (AvgIpc) is 3.26. The fourth-order valence-corrected chi connectivity index (χ4v) is 3.29. The van der Waals surface area contributed by atoms with Gasteiger partial charge in [0.15, 0.2) is 0 Å². The topological polar surface area (TPSA) is 65.4 Å². The highest BCUT2D eigenvalue weighted by Gasteiger charge is 2.26. The van der Waals surface area contributed by atoms with E-state index in [2.05, 4.69) is 10.4 Å². The first-order chi connectivity index (χ1) is 13.2. The first kappa shape index (κ1) is 17.1. The number of rotatable bonds is 5. The van der Waals surface area contributed by atoms with Gasteiger partial charge in [-0.2, -0.15) is 5.10 Å². The zero-order chi connectivity index (χ0) is 18.6. The van der Waals surface area contributed by atoms with E-state index < -0.39 is 0 Å². The number of carbonyl (C=O) groups excluding carboxylic acids is 1. The lowest BCUT2D eigenvalue weighted by molar-refractivity contribution is -0.126. The van der Waals surface area contributed by atoms with E-state index in [1.165, 1.54) is 0 Å². The van der Waals surface area contributed by atoms with Crippen LogP contribution >= 0.6 is 0 Å². The van der Waals surface area contributed by atoms with Crippen molar-refractivity contribution in [1.29, 1.82) is 0 Å². The van der Waals surface area contributed by atoms with Crippen LogP contribution in [0.3, 0.4) is 0 Å². The summed E-state index contributed by atoms with van der Waals surface area (Å²) < 4.78 is 12.8. The number of para-hydroxylation sites is 1. The van der Waals surface area contributed by atoms with Crippen LogP contribution in [-0.4, -0.2) is 29.4 Å². The largest absolute Gasteiger partial charge is 0.497 e. The van der Waals surface area contributed by atoms with Crippen LogP contribution in [0, 0.1) is 5.92 Å². The molecule has 1 amide bonds. The minimum atomic E-state index is -0.221. The van der Waals surface area contributed by atoms with Crippen molar-refractivity contribution in [3.05, 3.63) is 72.1 Å². The van der Waals surface area contributed by atoms with E-state index >= 15 is 0 Å². The Bertz CT molecular complexity index is 938. The fourth-order valence-electron chi connectivity index (χ4n) is 3.29. The molecule has 1 aliphatic rings. The highest BCUT2D eigenvalue weighted by Crippen LogP contribution is 2.30. The molecular weight excluding hydrogens is 342 g/mol. The number of carbonyl (C=O) groups is 1. The van der Waals surface area contributed by atoms with Crippen molar-refractivity contribution in [1.82, 2.24) is 15.1 Å². The zero-order valence-corrected chi connectivity index (χ0v) is 15.1. The summed E-state index contributed by atoms with van der Waals surface area (Å²) in [6.45, 7) is 0.822. The van der Waals surface area contributed by atoms with Gasteiger partial charge in [-0.3, -0.25) is 4.79 Å². The lowest BCUT2D eigenvalue weighted by Crippen LogP contribution is -2.37. The molecule has 2 aromatic carbocycles. The third kappa shape index (κ3) is 3.65. The van der Waals surface area contributed by atoms with Crippen LogP contribution in [0.15, 0.2) is 60.9 Å². The first-order valence-corrected chi connectivity index (χ1v) is 8.90. The van der Waals surface area contributed by atoms with Crippen LogP contribution < -0.4 is 14.8 Å². The van der Waals surface area contributed by atoms with Crippen molar-refractivity contribution in [3.63, 3.8) is 0 Å². The minimum Gasteiger partial charge on any atom is -0.497 e. The van der Waals surface area contributed by atoms with Gasteiger partial charge in [-0.1, -0.05) is 18.2 Å². The number of benzene rings is 2. The maximum absolute atomic E-state index is 12.7. The Morgan fingerprint density at radius 1 is 1.30 bits per heavy atom. The van der Waals surface area contributed by atoms with Crippen molar-refractivity contribution in [2.45, 2.75) is 13.0 Å².